The standard InChI is InChI=1S/C16H16ClN3O3S/c1-2-23-15-9-11(7-8-12(15)17)24(21,22)18-10-16-19-13-5-3-4-6-14(13)20-16/h3-9,18H,2,10H2,1H3,(H,19,20). The van der Waals surface area contributed by atoms with Gasteiger partial charge in [-0.25, -0.2) is 18.1 Å². The van der Waals surface area contributed by atoms with Gasteiger partial charge in [0.2, 0.25) is 10.0 Å². The molecule has 3 rings (SSSR count). The van der Waals surface area contributed by atoms with Crippen LogP contribution >= 0.6 is 11.6 Å². The van der Waals surface area contributed by atoms with Gasteiger partial charge in [0.25, 0.3) is 0 Å². The van der Waals surface area contributed by atoms with E-state index in [1.807, 2.05) is 24.3 Å². The van der Waals surface area contributed by atoms with E-state index >= 15 is 0 Å². The SMILES string of the molecule is CCOc1cc(S(=O)(=O)NCc2nc3ccccc3[nH]2)ccc1Cl. The van der Waals surface area contributed by atoms with Gasteiger partial charge in [-0.3, -0.25) is 0 Å². The lowest BCUT2D eigenvalue weighted by Crippen LogP contribution is -2.23. The van der Waals surface area contributed by atoms with E-state index in [0.29, 0.717) is 23.2 Å². The summed E-state index contributed by atoms with van der Waals surface area (Å²) >= 11 is 5.99. The van der Waals surface area contributed by atoms with E-state index in [1.54, 1.807) is 6.92 Å². The minimum absolute atomic E-state index is 0.0591. The normalized spacial score (nSPS) is 11.8. The zero-order valence-electron chi connectivity index (χ0n) is 12.9. The number of benzene rings is 2. The van der Waals surface area contributed by atoms with Gasteiger partial charge in [0.1, 0.15) is 11.6 Å². The summed E-state index contributed by atoms with van der Waals surface area (Å²) in [5.74, 6) is 0.879. The molecule has 0 fully saturated rings. The number of rotatable bonds is 6. The average molecular weight is 366 g/mol. The molecule has 0 aliphatic carbocycles. The molecule has 3 aromatic rings. The fourth-order valence-electron chi connectivity index (χ4n) is 2.25. The summed E-state index contributed by atoms with van der Waals surface area (Å²) in [5, 5.41) is 0.369. The summed E-state index contributed by atoms with van der Waals surface area (Å²) in [6.45, 7) is 2.26. The first-order valence-electron chi connectivity index (χ1n) is 7.35. The molecule has 2 aromatic carbocycles. The van der Waals surface area contributed by atoms with Gasteiger partial charge in [0.15, 0.2) is 0 Å². The molecule has 0 saturated carbocycles. The van der Waals surface area contributed by atoms with Gasteiger partial charge in [-0.05, 0) is 31.2 Å². The smallest absolute Gasteiger partial charge is 0.241 e. The Morgan fingerprint density at radius 1 is 1.25 bits per heavy atom. The largest absolute Gasteiger partial charge is 0.492 e. The minimum Gasteiger partial charge on any atom is -0.492 e. The molecule has 8 heteroatoms. The van der Waals surface area contributed by atoms with Crippen LogP contribution in [0.1, 0.15) is 12.7 Å². The molecular formula is C16H16ClN3O3S. The minimum atomic E-state index is -3.70. The van der Waals surface area contributed by atoms with Crippen LogP contribution in [0.5, 0.6) is 5.75 Å². The molecule has 0 aliphatic heterocycles. The van der Waals surface area contributed by atoms with Gasteiger partial charge in [-0.1, -0.05) is 23.7 Å². The number of fused-ring (bicyclic) bond motifs is 1. The molecular weight excluding hydrogens is 350 g/mol. The lowest BCUT2D eigenvalue weighted by atomic mass is 10.3. The molecule has 0 bridgehead atoms. The van der Waals surface area contributed by atoms with Gasteiger partial charge < -0.3 is 9.72 Å². The second kappa shape index (κ2) is 6.80. The van der Waals surface area contributed by atoms with E-state index in [0.717, 1.165) is 11.0 Å². The maximum absolute atomic E-state index is 12.4. The number of aromatic nitrogens is 2. The maximum atomic E-state index is 12.4. The predicted octanol–water partition coefficient (Wildman–Crippen LogP) is 3.09. The van der Waals surface area contributed by atoms with Crippen molar-refractivity contribution in [2.75, 3.05) is 6.61 Å². The average Bonchev–Trinajstić information content (AvgIpc) is 2.98. The number of sulfonamides is 1. The number of hydrogen-bond donors (Lipinski definition) is 2. The van der Waals surface area contributed by atoms with Crippen LogP contribution < -0.4 is 9.46 Å². The van der Waals surface area contributed by atoms with Crippen molar-refractivity contribution in [2.45, 2.75) is 18.4 Å². The first kappa shape index (κ1) is 16.8. The molecule has 0 saturated heterocycles. The van der Waals surface area contributed by atoms with Crippen molar-refractivity contribution in [3.63, 3.8) is 0 Å². The number of imidazole rings is 1. The molecule has 0 unspecified atom stereocenters. The summed E-state index contributed by atoms with van der Waals surface area (Å²) in [5.41, 5.74) is 1.65. The highest BCUT2D eigenvalue weighted by Gasteiger charge is 2.17. The van der Waals surface area contributed by atoms with E-state index in [2.05, 4.69) is 14.7 Å². The number of nitrogens with zero attached hydrogens (tertiary/aromatic N) is 1. The Morgan fingerprint density at radius 3 is 2.79 bits per heavy atom. The van der Waals surface area contributed by atoms with Crippen LogP contribution in [0.2, 0.25) is 5.02 Å². The van der Waals surface area contributed by atoms with Crippen LogP contribution in [0.4, 0.5) is 0 Å². The maximum Gasteiger partial charge on any atom is 0.241 e. The van der Waals surface area contributed by atoms with E-state index in [-0.39, 0.29) is 11.4 Å². The van der Waals surface area contributed by atoms with Gasteiger partial charge in [0.05, 0.1) is 34.1 Å². The van der Waals surface area contributed by atoms with Crippen molar-refractivity contribution in [1.82, 2.24) is 14.7 Å². The van der Waals surface area contributed by atoms with Crippen LogP contribution in [0.3, 0.4) is 0 Å². The van der Waals surface area contributed by atoms with Crippen molar-refractivity contribution < 1.29 is 13.2 Å². The van der Waals surface area contributed by atoms with Gasteiger partial charge in [0, 0.05) is 6.07 Å². The highest BCUT2D eigenvalue weighted by Crippen LogP contribution is 2.27. The van der Waals surface area contributed by atoms with Crippen molar-refractivity contribution in [3.8, 4) is 5.75 Å². The molecule has 6 nitrogen and oxygen atoms in total. The molecule has 0 spiro atoms. The predicted molar refractivity (Wildman–Crippen MR) is 92.7 cm³/mol. The number of halogens is 1. The molecule has 0 aliphatic rings. The van der Waals surface area contributed by atoms with E-state index in [1.165, 1.54) is 18.2 Å². The summed E-state index contributed by atoms with van der Waals surface area (Å²) in [7, 11) is -3.70. The third-order valence-corrected chi connectivity index (χ3v) is 5.09. The topological polar surface area (TPSA) is 84.1 Å². The Morgan fingerprint density at radius 2 is 2.04 bits per heavy atom. The summed E-state index contributed by atoms with van der Waals surface area (Å²) in [4.78, 5) is 7.51. The molecule has 0 atom stereocenters. The molecule has 0 radical (unpaired) electrons. The van der Waals surface area contributed by atoms with Crippen LogP contribution in [0.15, 0.2) is 47.4 Å². The second-order valence-electron chi connectivity index (χ2n) is 5.05. The third kappa shape index (κ3) is 3.53. The zero-order valence-corrected chi connectivity index (χ0v) is 14.5. The molecule has 24 heavy (non-hydrogen) atoms. The Labute approximate surface area is 144 Å². The number of nitrogens with one attached hydrogen (secondary N) is 2. The van der Waals surface area contributed by atoms with Gasteiger partial charge >= 0.3 is 0 Å². The van der Waals surface area contributed by atoms with Crippen molar-refractivity contribution >= 4 is 32.7 Å². The molecule has 1 heterocycles. The molecule has 2 N–H and O–H groups in total. The lowest BCUT2D eigenvalue weighted by molar-refractivity contribution is 0.339. The van der Waals surface area contributed by atoms with Crippen molar-refractivity contribution in [3.05, 3.63) is 53.3 Å². The third-order valence-electron chi connectivity index (χ3n) is 3.38. The Kier molecular flexibility index (Phi) is 4.75. The Hall–Kier alpha value is -2.09. The van der Waals surface area contributed by atoms with E-state index < -0.39 is 10.0 Å². The van der Waals surface area contributed by atoms with Crippen LogP contribution in [-0.4, -0.2) is 25.0 Å². The number of hydrogen-bond acceptors (Lipinski definition) is 4. The highest BCUT2D eigenvalue weighted by atomic mass is 35.5. The van der Waals surface area contributed by atoms with Crippen LogP contribution in [-0.2, 0) is 16.6 Å². The first-order chi connectivity index (χ1) is 11.5. The van der Waals surface area contributed by atoms with Crippen LogP contribution in [0.25, 0.3) is 11.0 Å². The zero-order chi connectivity index (χ0) is 17.2. The summed E-state index contributed by atoms with van der Waals surface area (Å²) in [6.07, 6.45) is 0. The van der Waals surface area contributed by atoms with E-state index in [9.17, 15) is 8.42 Å². The lowest BCUT2D eigenvalue weighted by Gasteiger charge is -2.09. The number of para-hydroxylation sites is 2. The fourth-order valence-corrected chi connectivity index (χ4v) is 3.43. The number of H-pyrrole nitrogens is 1. The highest BCUT2D eigenvalue weighted by molar-refractivity contribution is 7.89. The van der Waals surface area contributed by atoms with Gasteiger partial charge in [-0.15, -0.1) is 0 Å². The number of aromatic amines is 1. The molecule has 126 valence electrons. The fraction of sp³-hybridized carbons (Fsp3) is 0.188. The van der Waals surface area contributed by atoms with Gasteiger partial charge in [-0.2, -0.15) is 0 Å². The summed E-state index contributed by atoms with van der Waals surface area (Å²) < 4.78 is 32.7. The van der Waals surface area contributed by atoms with Crippen molar-refractivity contribution in [2.24, 2.45) is 0 Å². The Bertz CT molecular complexity index is 937. The monoisotopic (exact) mass is 365 g/mol. The molecule has 0 amide bonds. The second-order valence-corrected chi connectivity index (χ2v) is 7.22. The molecule has 1 aromatic heterocycles. The van der Waals surface area contributed by atoms with Crippen LogP contribution in [0, 0.1) is 0 Å². The summed E-state index contributed by atoms with van der Waals surface area (Å²) in [6, 6.07) is 11.9. The van der Waals surface area contributed by atoms with Crippen molar-refractivity contribution in [1.29, 1.82) is 0 Å². The Balaban J connectivity index is 1.79. The number of ether oxygens (including phenoxy) is 1. The quantitative estimate of drug-likeness (QED) is 0.703. The van der Waals surface area contributed by atoms with E-state index in [4.69, 9.17) is 16.3 Å². The first-order valence-corrected chi connectivity index (χ1v) is 9.21.